The molecule has 0 saturated carbocycles. The zero-order valence-corrected chi connectivity index (χ0v) is 13.0. The van der Waals surface area contributed by atoms with Crippen LogP contribution in [0.25, 0.3) is 0 Å². The molecule has 0 bridgehead atoms. The van der Waals surface area contributed by atoms with Gasteiger partial charge in [0.1, 0.15) is 11.4 Å². The van der Waals surface area contributed by atoms with Crippen LogP contribution in [-0.2, 0) is 12.8 Å². The highest BCUT2D eigenvalue weighted by atomic mass is 16.5. The standard InChI is InChI=1S/C17H27NO/c1-16(2,12-18-5)9-8-13-6-7-15-14(10-13)11-17(3,4)19-15/h6-7,10,18H,8-9,11-12H2,1-5H3. The molecular formula is C17H27NO. The van der Waals surface area contributed by atoms with Crippen molar-refractivity contribution in [2.24, 2.45) is 5.41 Å². The van der Waals surface area contributed by atoms with Gasteiger partial charge in [0, 0.05) is 6.42 Å². The van der Waals surface area contributed by atoms with Crippen LogP contribution in [0.1, 0.15) is 45.2 Å². The molecule has 0 saturated heterocycles. The van der Waals surface area contributed by atoms with Crippen molar-refractivity contribution in [1.29, 1.82) is 0 Å². The number of ether oxygens (including phenoxy) is 1. The summed E-state index contributed by atoms with van der Waals surface area (Å²) < 4.78 is 5.92. The van der Waals surface area contributed by atoms with Gasteiger partial charge in [-0.25, -0.2) is 0 Å². The number of hydrogen-bond acceptors (Lipinski definition) is 2. The molecule has 2 rings (SSSR count). The maximum absolute atomic E-state index is 5.92. The van der Waals surface area contributed by atoms with Crippen molar-refractivity contribution in [2.45, 2.75) is 52.6 Å². The molecule has 1 aliphatic heterocycles. The molecule has 0 unspecified atom stereocenters. The Balaban J connectivity index is 2.01. The summed E-state index contributed by atoms with van der Waals surface area (Å²) in [6.45, 7) is 10.0. The molecule has 0 aromatic heterocycles. The minimum atomic E-state index is -0.0354. The summed E-state index contributed by atoms with van der Waals surface area (Å²) in [4.78, 5) is 0. The lowest BCUT2D eigenvalue weighted by atomic mass is 9.86. The van der Waals surface area contributed by atoms with E-state index in [0.29, 0.717) is 5.41 Å². The van der Waals surface area contributed by atoms with Crippen LogP contribution < -0.4 is 10.1 Å². The predicted octanol–water partition coefficient (Wildman–Crippen LogP) is 3.58. The summed E-state index contributed by atoms with van der Waals surface area (Å²) in [6.07, 6.45) is 3.37. The van der Waals surface area contributed by atoms with Crippen LogP contribution in [0.15, 0.2) is 18.2 Å². The summed E-state index contributed by atoms with van der Waals surface area (Å²) in [7, 11) is 2.02. The van der Waals surface area contributed by atoms with E-state index < -0.39 is 0 Å². The number of hydrogen-bond donors (Lipinski definition) is 1. The van der Waals surface area contributed by atoms with Gasteiger partial charge in [-0.05, 0) is 62.9 Å². The third-order valence-corrected chi connectivity index (χ3v) is 3.87. The van der Waals surface area contributed by atoms with Crippen LogP contribution >= 0.6 is 0 Å². The first-order valence-corrected chi connectivity index (χ1v) is 7.27. The first kappa shape index (κ1) is 14.4. The number of rotatable bonds is 5. The fraction of sp³-hybridized carbons (Fsp3) is 0.647. The highest BCUT2D eigenvalue weighted by molar-refractivity contribution is 5.41. The van der Waals surface area contributed by atoms with E-state index in [1.54, 1.807) is 0 Å². The van der Waals surface area contributed by atoms with Gasteiger partial charge in [-0.3, -0.25) is 0 Å². The summed E-state index contributed by atoms with van der Waals surface area (Å²) >= 11 is 0. The Kier molecular flexibility index (Phi) is 3.91. The van der Waals surface area contributed by atoms with Gasteiger partial charge < -0.3 is 10.1 Å². The summed E-state index contributed by atoms with van der Waals surface area (Å²) in [5.41, 5.74) is 3.12. The molecular weight excluding hydrogens is 234 g/mol. The van der Waals surface area contributed by atoms with E-state index in [2.05, 4.69) is 51.2 Å². The van der Waals surface area contributed by atoms with Crippen LogP contribution in [0.5, 0.6) is 5.75 Å². The lowest BCUT2D eigenvalue weighted by Crippen LogP contribution is -2.27. The second kappa shape index (κ2) is 5.16. The molecule has 0 spiro atoms. The Hall–Kier alpha value is -1.02. The molecule has 2 heteroatoms. The minimum Gasteiger partial charge on any atom is -0.487 e. The van der Waals surface area contributed by atoms with Crippen LogP contribution in [0.2, 0.25) is 0 Å². The molecule has 19 heavy (non-hydrogen) atoms. The molecule has 1 aromatic carbocycles. The van der Waals surface area contributed by atoms with E-state index >= 15 is 0 Å². The summed E-state index contributed by atoms with van der Waals surface area (Å²) in [5, 5.41) is 3.28. The quantitative estimate of drug-likeness (QED) is 0.874. The van der Waals surface area contributed by atoms with Crippen LogP contribution in [0, 0.1) is 5.41 Å². The van der Waals surface area contributed by atoms with Crippen molar-refractivity contribution in [3.63, 3.8) is 0 Å². The average Bonchev–Trinajstić information content (AvgIpc) is 2.59. The van der Waals surface area contributed by atoms with E-state index in [4.69, 9.17) is 4.74 Å². The van der Waals surface area contributed by atoms with Crippen molar-refractivity contribution >= 4 is 0 Å². The van der Waals surface area contributed by atoms with Crippen LogP contribution in [-0.4, -0.2) is 19.2 Å². The van der Waals surface area contributed by atoms with Crippen molar-refractivity contribution < 1.29 is 4.74 Å². The van der Waals surface area contributed by atoms with E-state index in [-0.39, 0.29) is 5.60 Å². The SMILES string of the molecule is CNCC(C)(C)CCc1ccc2c(c1)CC(C)(C)O2. The Morgan fingerprint density at radius 1 is 1.32 bits per heavy atom. The maximum atomic E-state index is 5.92. The maximum Gasteiger partial charge on any atom is 0.123 e. The fourth-order valence-electron chi connectivity index (χ4n) is 2.87. The third kappa shape index (κ3) is 3.73. The number of fused-ring (bicyclic) bond motifs is 1. The zero-order valence-electron chi connectivity index (χ0n) is 13.0. The molecule has 0 amide bonds. The van der Waals surface area contributed by atoms with Crippen molar-refractivity contribution in [3.05, 3.63) is 29.3 Å². The Morgan fingerprint density at radius 3 is 2.74 bits per heavy atom. The Labute approximate surface area is 117 Å². The van der Waals surface area contributed by atoms with Gasteiger partial charge in [-0.1, -0.05) is 26.0 Å². The van der Waals surface area contributed by atoms with Gasteiger partial charge in [0.05, 0.1) is 0 Å². The first-order chi connectivity index (χ1) is 8.81. The Bertz CT molecular complexity index is 449. The fourth-order valence-corrected chi connectivity index (χ4v) is 2.87. The van der Waals surface area contributed by atoms with E-state index in [1.165, 1.54) is 17.5 Å². The van der Waals surface area contributed by atoms with Crippen molar-refractivity contribution in [2.75, 3.05) is 13.6 Å². The highest BCUT2D eigenvalue weighted by Gasteiger charge is 2.29. The summed E-state index contributed by atoms with van der Waals surface area (Å²) in [6, 6.07) is 6.69. The summed E-state index contributed by atoms with van der Waals surface area (Å²) in [5.74, 6) is 1.07. The van der Waals surface area contributed by atoms with Gasteiger partial charge in [0.25, 0.3) is 0 Å². The Morgan fingerprint density at radius 2 is 2.05 bits per heavy atom. The van der Waals surface area contributed by atoms with Gasteiger partial charge in [-0.15, -0.1) is 0 Å². The average molecular weight is 261 g/mol. The molecule has 1 aromatic rings. The second-order valence-electron chi connectivity index (χ2n) is 7.18. The third-order valence-electron chi connectivity index (χ3n) is 3.87. The van der Waals surface area contributed by atoms with E-state index in [9.17, 15) is 0 Å². The smallest absolute Gasteiger partial charge is 0.123 e. The molecule has 0 aliphatic carbocycles. The molecule has 2 nitrogen and oxygen atoms in total. The highest BCUT2D eigenvalue weighted by Crippen LogP contribution is 2.35. The largest absolute Gasteiger partial charge is 0.487 e. The van der Waals surface area contributed by atoms with Crippen molar-refractivity contribution in [3.8, 4) is 5.75 Å². The number of aryl methyl sites for hydroxylation is 1. The molecule has 0 radical (unpaired) electrons. The predicted molar refractivity (Wildman–Crippen MR) is 80.9 cm³/mol. The molecule has 106 valence electrons. The van der Waals surface area contributed by atoms with Crippen LogP contribution in [0.3, 0.4) is 0 Å². The first-order valence-electron chi connectivity index (χ1n) is 7.27. The topological polar surface area (TPSA) is 21.3 Å². The molecule has 1 aliphatic rings. The number of nitrogens with one attached hydrogen (secondary N) is 1. The molecule has 1 N–H and O–H groups in total. The van der Waals surface area contributed by atoms with E-state index in [0.717, 1.165) is 25.1 Å². The van der Waals surface area contributed by atoms with Gasteiger partial charge in [0.15, 0.2) is 0 Å². The zero-order chi connectivity index (χ0) is 14.1. The van der Waals surface area contributed by atoms with Gasteiger partial charge >= 0.3 is 0 Å². The van der Waals surface area contributed by atoms with Crippen LogP contribution in [0.4, 0.5) is 0 Å². The van der Waals surface area contributed by atoms with Gasteiger partial charge in [-0.2, -0.15) is 0 Å². The molecule has 0 fully saturated rings. The van der Waals surface area contributed by atoms with E-state index in [1.807, 2.05) is 7.05 Å². The monoisotopic (exact) mass is 261 g/mol. The number of benzene rings is 1. The lowest BCUT2D eigenvalue weighted by Gasteiger charge is -2.24. The minimum absolute atomic E-state index is 0.0354. The normalized spacial score (nSPS) is 17.1. The van der Waals surface area contributed by atoms with Crippen molar-refractivity contribution in [1.82, 2.24) is 5.32 Å². The lowest BCUT2D eigenvalue weighted by molar-refractivity contribution is 0.138. The molecule has 0 atom stereocenters. The molecule has 1 heterocycles. The second-order valence-corrected chi connectivity index (χ2v) is 7.18. The van der Waals surface area contributed by atoms with Gasteiger partial charge in [0.2, 0.25) is 0 Å².